The predicted molar refractivity (Wildman–Crippen MR) is 80.6 cm³/mol. The highest BCUT2D eigenvalue weighted by Gasteiger charge is 2.06. The molecule has 1 aromatic carbocycles. The van der Waals surface area contributed by atoms with Crippen molar-refractivity contribution in [1.82, 2.24) is 19.6 Å². The van der Waals surface area contributed by atoms with E-state index in [0.717, 1.165) is 36.0 Å². The standard InChI is InChI=1S/C15H17N5O/c1-12-18-19-15-14(17-9-10-20(12)15)16-8-5-11-21-13-6-3-2-4-7-13/h2-4,6-7,9-10H,5,8,11H2,1H3,(H,16,17). The van der Waals surface area contributed by atoms with Crippen molar-refractivity contribution in [2.45, 2.75) is 13.3 Å². The number of aromatic nitrogens is 4. The Morgan fingerprint density at radius 3 is 2.90 bits per heavy atom. The van der Waals surface area contributed by atoms with Gasteiger partial charge in [-0.15, -0.1) is 10.2 Å². The second-order valence-electron chi connectivity index (χ2n) is 4.66. The molecule has 0 aliphatic rings. The van der Waals surface area contributed by atoms with E-state index in [1.54, 1.807) is 6.20 Å². The van der Waals surface area contributed by atoms with Crippen molar-refractivity contribution in [1.29, 1.82) is 0 Å². The van der Waals surface area contributed by atoms with Crippen LogP contribution in [0.15, 0.2) is 42.7 Å². The Balaban J connectivity index is 1.51. The summed E-state index contributed by atoms with van der Waals surface area (Å²) in [5.41, 5.74) is 0.749. The number of benzene rings is 1. The van der Waals surface area contributed by atoms with Crippen LogP contribution < -0.4 is 10.1 Å². The van der Waals surface area contributed by atoms with E-state index >= 15 is 0 Å². The third-order valence-corrected chi connectivity index (χ3v) is 3.12. The van der Waals surface area contributed by atoms with Gasteiger partial charge < -0.3 is 10.1 Å². The maximum atomic E-state index is 5.64. The summed E-state index contributed by atoms with van der Waals surface area (Å²) in [6.45, 7) is 3.34. The summed E-state index contributed by atoms with van der Waals surface area (Å²) in [4.78, 5) is 4.30. The minimum Gasteiger partial charge on any atom is -0.494 e. The fourth-order valence-corrected chi connectivity index (χ4v) is 2.05. The molecule has 0 saturated heterocycles. The van der Waals surface area contributed by atoms with Crippen LogP contribution >= 0.6 is 0 Å². The average molecular weight is 283 g/mol. The topological polar surface area (TPSA) is 64.3 Å². The van der Waals surface area contributed by atoms with Crippen molar-refractivity contribution in [3.8, 4) is 5.75 Å². The lowest BCUT2D eigenvalue weighted by atomic mass is 10.3. The lowest BCUT2D eigenvalue weighted by molar-refractivity contribution is 0.315. The fraction of sp³-hybridized carbons (Fsp3) is 0.267. The summed E-state index contributed by atoms with van der Waals surface area (Å²) in [7, 11) is 0. The third kappa shape index (κ3) is 3.10. The van der Waals surface area contributed by atoms with Gasteiger partial charge in [0, 0.05) is 18.9 Å². The summed E-state index contributed by atoms with van der Waals surface area (Å²) in [6.07, 6.45) is 4.48. The van der Waals surface area contributed by atoms with Gasteiger partial charge >= 0.3 is 0 Å². The van der Waals surface area contributed by atoms with E-state index in [-0.39, 0.29) is 0 Å². The highest BCUT2D eigenvalue weighted by Crippen LogP contribution is 2.12. The van der Waals surface area contributed by atoms with Gasteiger partial charge in [-0.2, -0.15) is 0 Å². The van der Waals surface area contributed by atoms with Crippen LogP contribution in [0.25, 0.3) is 5.65 Å². The monoisotopic (exact) mass is 283 g/mol. The Morgan fingerprint density at radius 1 is 1.19 bits per heavy atom. The molecule has 0 unspecified atom stereocenters. The number of aryl methyl sites for hydroxylation is 1. The highest BCUT2D eigenvalue weighted by atomic mass is 16.5. The van der Waals surface area contributed by atoms with Crippen molar-refractivity contribution in [3.63, 3.8) is 0 Å². The van der Waals surface area contributed by atoms with Crippen LogP contribution in [-0.2, 0) is 0 Å². The lowest BCUT2D eigenvalue weighted by Crippen LogP contribution is -2.09. The van der Waals surface area contributed by atoms with Crippen LogP contribution in [0.2, 0.25) is 0 Å². The number of rotatable bonds is 6. The Morgan fingerprint density at radius 2 is 2.05 bits per heavy atom. The summed E-state index contributed by atoms with van der Waals surface area (Å²) in [5, 5.41) is 11.4. The van der Waals surface area contributed by atoms with Crippen LogP contribution in [0.4, 0.5) is 5.82 Å². The minimum atomic E-state index is 0.659. The molecule has 0 amide bonds. The number of nitrogens with one attached hydrogen (secondary N) is 1. The van der Waals surface area contributed by atoms with Gasteiger partial charge in [0.2, 0.25) is 5.65 Å². The van der Waals surface area contributed by atoms with Crippen LogP contribution in [0.1, 0.15) is 12.2 Å². The minimum absolute atomic E-state index is 0.659. The summed E-state index contributed by atoms with van der Waals surface area (Å²) >= 11 is 0. The van der Waals surface area contributed by atoms with Gasteiger partial charge in [0.1, 0.15) is 11.6 Å². The average Bonchev–Trinajstić information content (AvgIpc) is 2.90. The molecule has 3 rings (SSSR count). The first-order valence-corrected chi connectivity index (χ1v) is 6.92. The first-order chi connectivity index (χ1) is 10.3. The van der Waals surface area contributed by atoms with E-state index in [2.05, 4.69) is 20.5 Å². The molecule has 21 heavy (non-hydrogen) atoms. The van der Waals surface area contributed by atoms with Gasteiger partial charge in [0.25, 0.3) is 0 Å². The molecule has 108 valence electrons. The van der Waals surface area contributed by atoms with Crippen LogP contribution in [0.3, 0.4) is 0 Å². The van der Waals surface area contributed by atoms with E-state index in [9.17, 15) is 0 Å². The van der Waals surface area contributed by atoms with Crippen molar-refractivity contribution < 1.29 is 4.74 Å². The summed E-state index contributed by atoms with van der Waals surface area (Å²) < 4.78 is 7.55. The molecule has 2 aromatic heterocycles. The first-order valence-electron chi connectivity index (χ1n) is 6.92. The molecule has 0 spiro atoms. The zero-order valence-electron chi connectivity index (χ0n) is 11.9. The lowest BCUT2D eigenvalue weighted by Gasteiger charge is -2.08. The summed E-state index contributed by atoms with van der Waals surface area (Å²) in [5.74, 6) is 2.49. The molecular weight excluding hydrogens is 266 g/mol. The highest BCUT2D eigenvalue weighted by molar-refractivity contribution is 5.61. The molecular formula is C15H17N5O. The molecule has 0 aliphatic heterocycles. The van der Waals surface area contributed by atoms with Crippen LogP contribution in [-0.4, -0.2) is 32.7 Å². The smallest absolute Gasteiger partial charge is 0.203 e. The molecule has 0 aliphatic carbocycles. The van der Waals surface area contributed by atoms with Gasteiger partial charge in [0.05, 0.1) is 6.61 Å². The van der Waals surface area contributed by atoms with E-state index in [1.165, 1.54) is 0 Å². The molecule has 3 aromatic rings. The molecule has 0 radical (unpaired) electrons. The molecule has 0 fully saturated rings. The molecule has 2 heterocycles. The second kappa shape index (κ2) is 6.21. The van der Waals surface area contributed by atoms with Gasteiger partial charge in [-0.05, 0) is 25.5 Å². The molecule has 0 saturated carbocycles. The molecule has 0 bridgehead atoms. The summed E-state index contributed by atoms with van der Waals surface area (Å²) in [6, 6.07) is 9.81. The molecule has 0 atom stereocenters. The Kier molecular flexibility index (Phi) is 3.95. The maximum Gasteiger partial charge on any atom is 0.203 e. The van der Waals surface area contributed by atoms with E-state index in [0.29, 0.717) is 6.61 Å². The van der Waals surface area contributed by atoms with Gasteiger partial charge in [-0.25, -0.2) is 4.98 Å². The molecule has 6 heteroatoms. The van der Waals surface area contributed by atoms with Crippen molar-refractivity contribution in [2.75, 3.05) is 18.5 Å². The second-order valence-corrected chi connectivity index (χ2v) is 4.66. The zero-order chi connectivity index (χ0) is 14.5. The third-order valence-electron chi connectivity index (χ3n) is 3.12. The maximum absolute atomic E-state index is 5.64. The molecule has 1 N–H and O–H groups in total. The number of hydrogen-bond donors (Lipinski definition) is 1. The quantitative estimate of drug-likeness (QED) is 0.703. The Bertz CT molecular complexity index is 710. The number of nitrogens with zero attached hydrogens (tertiary/aromatic N) is 4. The number of hydrogen-bond acceptors (Lipinski definition) is 5. The number of ether oxygens (including phenoxy) is 1. The normalized spacial score (nSPS) is 10.7. The van der Waals surface area contributed by atoms with E-state index < -0.39 is 0 Å². The zero-order valence-corrected chi connectivity index (χ0v) is 11.9. The molecule has 6 nitrogen and oxygen atoms in total. The van der Waals surface area contributed by atoms with Crippen LogP contribution in [0.5, 0.6) is 5.75 Å². The first kappa shape index (κ1) is 13.4. The fourth-order valence-electron chi connectivity index (χ4n) is 2.05. The van der Waals surface area contributed by atoms with E-state index in [1.807, 2.05) is 47.9 Å². The van der Waals surface area contributed by atoms with E-state index in [4.69, 9.17) is 4.74 Å². The predicted octanol–water partition coefficient (Wildman–Crippen LogP) is 2.31. The van der Waals surface area contributed by atoms with Crippen LogP contribution in [0, 0.1) is 6.92 Å². The van der Waals surface area contributed by atoms with Gasteiger partial charge in [-0.3, -0.25) is 4.40 Å². The van der Waals surface area contributed by atoms with Crippen molar-refractivity contribution in [2.24, 2.45) is 0 Å². The largest absolute Gasteiger partial charge is 0.494 e. The number of fused-ring (bicyclic) bond motifs is 1. The number of anilines is 1. The van der Waals surface area contributed by atoms with Crippen molar-refractivity contribution in [3.05, 3.63) is 48.5 Å². The number of para-hydroxylation sites is 1. The SMILES string of the molecule is Cc1nnc2c(NCCCOc3ccccc3)nccn12. The van der Waals surface area contributed by atoms with Gasteiger partial charge in [0.15, 0.2) is 5.82 Å². The van der Waals surface area contributed by atoms with Gasteiger partial charge in [-0.1, -0.05) is 18.2 Å². The Labute approximate surface area is 122 Å². The Hall–Kier alpha value is -2.63. The van der Waals surface area contributed by atoms with Crippen molar-refractivity contribution >= 4 is 11.5 Å².